The molecule has 27 heavy (non-hydrogen) atoms. The van der Waals surface area contributed by atoms with Crippen LogP contribution >= 0.6 is 0 Å². The van der Waals surface area contributed by atoms with Crippen LogP contribution in [0.5, 0.6) is 0 Å². The molecule has 2 aromatic carbocycles. The van der Waals surface area contributed by atoms with Gasteiger partial charge in [-0.2, -0.15) is 0 Å². The number of urea groups is 1. The number of hydrogen-bond acceptors (Lipinski definition) is 3. The first-order valence-corrected chi connectivity index (χ1v) is 9.47. The highest BCUT2D eigenvalue weighted by atomic mass is 16.2. The topological polar surface area (TPSA) is 57.7 Å². The van der Waals surface area contributed by atoms with Crippen molar-refractivity contribution in [3.05, 3.63) is 59.7 Å². The molecule has 1 fully saturated rings. The van der Waals surface area contributed by atoms with Gasteiger partial charge in [0.05, 0.1) is 6.54 Å². The number of amides is 4. The summed E-state index contributed by atoms with van der Waals surface area (Å²) < 4.78 is 0. The van der Waals surface area contributed by atoms with Crippen LogP contribution in [0.2, 0.25) is 0 Å². The van der Waals surface area contributed by atoms with E-state index in [2.05, 4.69) is 6.08 Å². The molecule has 0 aromatic heterocycles. The summed E-state index contributed by atoms with van der Waals surface area (Å²) in [4.78, 5) is 39.7. The van der Waals surface area contributed by atoms with E-state index in [4.69, 9.17) is 0 Å². The number of imide groups is 2. The molecule has 1 aliphatic carbocycles. The molecule has 2 aromatic rings. The Kier molecular flexibility index (Phi) is 4.75. The van der Waals surface area contributed by atoms with Crippen LogP contribution in [-0.4, -0.2) is 34.2 Å². The Morgan fingerprint density at radius 1 is 0.852 bits per heavy atom. The summed E-state index contributed by atoms with van der Waals surface area (Å²) >= 11 is 0. The van der Waals surface area contributed by atoms with Crippen molar-refractivity contribution in [1.82, 2.24) is 9.80 Å². The lowest BCUT2D eigenvalue weighted by Gasteiger charge is -2.18. The molecular weight excluding hydrogens is 340 g/mol. The zero-order valence-corrected chi connectivity index (χ0v) is 15.2. The predicted octanol–water partition coefficient (Wildman–Crippen LogP) is 4.02. The summed E-state index contributed by atoms with van der Waals surface area (Å²) in [6, 6.07) is 13.1. The minimum absolute atomic E-state index is 0.115. The number of carbonyl (C=O) groups excluding carboxylic acids is 3. The quantitative estimate of drug-likeness (QED) is 0.458. The van der Waals surface area contributed by atoms with E-state index in [9.17, 15) is 14.4 Å². The third-order valence-electron chi connectivity index (χ3n) is 5.39. The lowest BCUT2D eigenvalue weighted by Crippen LogP contribution is -2.34. The van der Waals surface area contributed by atoms with Gasteiger partial charge in [0.1, 0.15) is 0 Å². The van der Waals surface area contributed by atoms with Crippen molar-refractivity contribution in [2.75, 3.05) is 6.54 Å². The molecule has 0 N–H and O–H groups in total. The smallest absolute Gasteiger partial charge is 0.263 e. The second-order valence-corrected chi connectivity index (χ2v) is 7.13. The van der Waals surface area contributed by atoms with Crippen molar-refractivity contribution < 1.29 is 14.4 Å². The number of hydrogen-bond donors (Lipinski definition) is 0. The van der Waals surface area contributed by atoms with Gasteiger partial charge >= 0.3 is 17.8 Å². The Hall–Kier alpha value is -2.95. The molecule has 2 aliphatic rings. The van der Waals surface area contributed by atoms with E-state index in [1.807, 2.05) is 42.5 Å². The largest absolute Gasteiger partial charge is 0.334 e. The zero-order valence-electron chi connectivity index (χ0n) is 15.2. The summed E-state index contributed by atoms with van der Waals surface area (Å²) in [6.45, 7) is 0.394. The fraction of sp³-hybridized carbons (Fsp3) is 0.318. The average Bonchev–Trinajstić information content (AvgIpc) is 2.91. The van der Waals surface area contributed by atoms with Gasteiger partial charge in [-0.1, -0.05) is 54.1 Å². The van der Waals surface area contributed by atoms with Crippen LogP contribution < -0.4 is 0 Å². The third kappa shape index (κ3) is 3.37. The standard InChI is InChI=1S/C22H22N2O3/c25-20-21(26)24(15-18-11-6-10-17-9-4-5-12-19(17)18)22(27)23(20)14-13-16-7-2-1-3-8-16/h4-7,9-12H,1-3,8,13-15H2. The highest BCUT2D eigenvalue weighted by molar-refractivity contribution is 6.44. The Bertz CT molecular complexity index is 942. The molecule has 4 rings (SSSR count). The van der Waals surface area contributed by atoms with Gasteiger partial charge in [-0.25, -0.2) is 4.79 Å². The maximum absolute atomic E-state index is 12.7. The van der Waals surface area contributed by atoms with Crippen molar-refractivity contribution in [2.45, 2.75) is 38.6 Å². The number of benzene rings is 2. The highest BCUT2D eigenvalue weighted by Crippen LogP contribution is 2.25. The Morgan fingerprint density at radius 3 is 2.44 bits per heavy atom. The Morgan fingerprint density at radius 2 is 1.63 bits per heavy atom. The van der Waals surface area contributed by atoms with Crippen LogP contribution in [0.3, 0.4) is 0 Å². The van der Waals surface area contributed by atoms with Gasteiger partial charge in [0.25, 0.3) is 0 Å². The summed E-state index contributed by atoms with van der Waals surface area (Å²) in [5.74, 6) is -1.44. The predicted molar refractivity (Wildman–Crippen MR) is 103 cm³/mol. The van der Waals surface area contributed by atoms with Gasteiger partial charge in [0.2, 0.25) is 0 Å². The molecule has 4 amide bonds. The number of carbonyl (C=O) groups is 3. The molecule has 1 saturated heterocycles. The lowest BCUT2D eigenvalue weighted by molar-refractivity contribution is -0.143. The molecule has 5 heteroatoms. The summed E-state index contributed by atoms with van der Waals surface area (Å²) in [6.07, 6.45) is 7.28. The van der Waals surface area contributed by atoms with Crippen molar-refractivity contribution in [3.8, 4) is 0 Å². The first-order chi connectivity index (χ1) is 13.1. The van der Waals surface area contributed by atoms with Crippen LogP contribution in [0.1, 0.15) is 37.7 Å². The number of fused-ring (bicyclic) bond motifs is 1. The maximum atomic E-state index is 12.7. The van der Waals surface area contributed by atoms with Crippen LogP contribution in [0.4, 0.5) is 4.79 Å². The molecule has 0 unspecified atom stereocenters. The van der Waals surface area contributed by atoms with Crippen LogP contribution in [0.25, 0.3) is 10.8 Å². The van der Waals surface area contributed by atoms with Crippen molar-refractivity contribution in [3.63, 3.8) is 0 Å². The molecule has 0 saturated carbocycles. The third-order valence-corrected chi connectivity index (χ3v) is 5.39. The molecule has 5 nitrogen and oxygen atoms in total. The van der Waals surface area contributed by atoms with E-state index < -0.39 is 17.8 Å². The molecule has 0 bridgehead atoms. The van der Waals surface area contributed by atoms with E-state index in [0.29, 0.717) is 6.42 Å². The van der Waals surface area contributed by atoms with Gasteiger partial charge in [-0.15, -0.1) is 0 Å². The lowest BCUT2D eigenvalue weighted by atomic mass is 9.97. The first kappa shape index (κ1) is 17.5. The second kappa shape index (κ2) is 7.35. The monoisotopic (exact) mass is 362 g/mol. The molecule has 0 spiro atoms. The average molecular weight is 362 g/mol. The fourth-order valence-corrected chi connectivity index (χ4v) is 3.87. The minimum atomic E-state index is -0.731. The van der Waals surface area contributed by atoms with Gasteiger partial charge in [0.15, 0.2) is 0 Å². The van der Waals surface area contributed by atoms with Gasteiger partial charge in [-0.3, -0.25) is 19.4 Å². The van der Waals surface area contributed by atoms with E-state index in [1.165, 1.54) is 12.0 Å². The molecular formula is C22H22N2O3. The van der Waals surface area contributed by atoms with E-state index in [1.54, 1.807) is 0 Å². The normalized spacial score (nSPS) is 17.8. The van der Waals surface area contributed by atoms with Crippen molar-refractivity contribution >= 4 is 28.6 Å². The summed E-state index contributed by atoms with van der Waals surface area (Å²) in [5.41, 5.74) is 2.14. The molecule has 1 heterocycles. The van der Waals surface area contributed by atoms with E-state index in [-0.39, 0.29) is 13.1 Å². The number of rotatable bonds is 5. The SMILES string of the molecule is O=C1C(=O)N(Cc2cccc3ccccc23)C(=O)N1CCC1=CCCCC1. The molecule has 1 aliphatic heterocycles. The van der Waals surface area contributed by atoms with E-state index >= 15 is 0 Å². The van der Waals surface area contributed by atoms with Gasteiger partial charge in [0, 0.05) is 6.54 Å². The molecule has 0 atom stereocenters. The van der Waals surface area contributed by atoms with Gasteiger partial charge < -0.3 is 0 Å². The second-order valence-electron chi connectivity index (χ2n) is 7.13. The highest BCUT2D eigenvalue weighted by Gasteiger charge is 2.44. The molecule has 138 valence electrons. The van der Waals surface area contributed by atoms with Gasteiger partial charge in [-0.05, 0) is 48.4 Å². The fourth-order valence-electron chi connectivity index (χ4n) is 3.87. The van der Waals surface area contributed by atoms with Crippen LogP contribution in [-0.2, 0) is 16.1 Å². The first-order valence-electron chi connectivity index (χ1n) is 9.47. The maximum Gasteiger partial charge on any atom is 0.334 e. The minimum Gasteiger partial charge on any atom is -0.263 e. The van der Waals surface area contributed by atoms with Crippen molar-refractivity contribution in [1.29, 1.82) is 0 Å². The number of allylic oxidation sites excluding steroid dienone is 1. The summed E-state index contributed by atoms with van der Waals surface area (Å²) in [5, 5.41) is 2.03. The number of nitrogens with zero attached hydrogens (tertiary/aromatic N) is 2. The van der Waals surface area contributed by atoms with Crippen LogP contribution in [0, 0.1) is 0 Å². The van der Waals surface area contributed by atoms with E-state index in [0.717, 1.165) is 45.4 Å². The Labute approximate surface area is 158 Å². The molecule has 0 radical (unpaired) electrons. The zero-order chi connectivity index (χ0) is 18.8. The van der Waals surface area contributed by atoms with Crippen LogP contribution in [0.15, 0.2) is 54.1 Å². The van der Waals surface area contributed by atoms with Crippen molar-refractivity contribution in [2.24, 2.45) is 0 Å². The Balaban J connectivity index is 1.51. The summed E-state index contributed by atoms with van der Waals surface area (Å²) in [7, 11) is 0.